The van der Waals surface area contributed by atoms with Crippen LogP contribution < -0.4 is 4.90 Å². The van der Waals surface area contributed by atoms with E-state index in [9.17, 15) is 14.9 Å². The van der Waals surface area contributed by atoms with Gasteiger partial charge < -0.3 is 9.64 Å². The van der Waals surface area contributed by atoms with Crippen LogP contribution in [0.25, 0.3) is 0 Å². The molecule has 0 saturated carbocycles. The smallest absolute Gasteiger partial charge is 0.310 e. The van der Waals surface area contributed by atoms with Gasteiger partial charge in [-0.25, -0.2) is 0 Å². The fraction of sp³-hybridized carbons (Fsp3) is 0.500. The Morgan fingerprint density at radius 2 is 2.37 bits per heavy atom. The first kappa shape index (κ1) is 11.9. The van der Waals surface area contributed by atoms with Crippen molar-refractivity contribution in [2.24, 2.45) is 5.92 Å². The first-order chi connectivity index (χ1) is 9.15. The molecule has 2 aliphatic heterocycles. The zero-order chi connectivity index (χ0) is 13.4. The van der Waals surface area contributed by atoms with Crippen LogP contribution in [0.1, 0.15) is 12.8 Å². The summed E-state index contributed by atoms with van der Waals surface area (Å²) in [5.74, 6) is -0.0323. The Morgan fingerprint density at radius 3 is 3.16 bits per heavy atom. The number of ether oxygens (including phenoxy) is 1. The van der Waals surface area contributed by atoms with Crippen LogP contribution >= 0.6 is 0 Å². The molecule has 0 aromatic carbocycles. The van der Waals surface area contributed by atoms with E-state index in [1.54, 1.807) is 12.3 Å². The van der Waals surface area contributed by atoms with E-state index in [1.807, 2.05) is 4.90 Å². The molecule has 100 valence electrons. The van der Waals surface area contributed by atoms with Gasteiger partial charge in [-0.05, 0) is 6.07 Å². The lowest BCUT2D eigenvalue weighted by atomic mass is 9.94. The molecule has 1 aromatic heterocycles. The lowest BCUT2D eigenvalue weighted by molar-refractivity contribution is -0.384. The third-order valence-electron chi connectivity index (χ3n) is 3.69. The Morgan fingerprint density at radius 1 is 1.53 bits per heavy atom. The first-order valence-corrected chi connectivity index (χ1v) is 6.18. The number of rotatable bonds is 2. The van der Waals surface area contributed by atoms with Gasteiger partial charge in [0.15, 0.2) is 0 Å². The van der Waals surface area contributed by atoms with Gasteiger partial charge in [0.1, 0.15) is 18.0 Å². The highest BCUT2D eigenvalue weighted by atomic mass is 16.6. The number of nitrogens with zero attached hydrogens (tertiary/aromatic N) is 3. The molecule has 0 amide bonds. The summed E-state index contributed by atoms with van der Waals surface area (Å²) in [6.45, 7) is 1.26. The number of carbonyl (C=O) groups is 1. The average Bonchev–Trinajstić information content (AvgIpc) is 2.77. The average molecular weight is 263 g/mol. The zero-order valence-electron chi connectivity index (χ0n) is 10.2. The van der Waals surface area contributed by atoms with Crippen molar-refractivity contribution in [2.45, 2.75) is 18.9 Å². The summed E-state index contributed by atoms with van der Waals surface area (Å²) in [5.41, 5.74) is 0.573. The second kappa shape index (κ2) is 4.49. The van der Waals surface area contributed by atoms with Crippen LogP contribution in [0.3, 0.4) is 0 Å². The molecule has 0 spiro atoms. The normalized spacial score (nSPS) is 25.9. The number of pyridine rings is 1. The highest BCUT2D eigenvalue weighted by Gasteiger charge is 2.40. The van der Waals surface area contributed by atoms with Crippen LogP contribution in [0.15, 0.2) is 18.5 Å². The number of esters is 1. The summed E-state index contributed by atoms with van der Waals surface area (Å²) in [7, 11) is 0. The maximum absolute atomic E-state index is 11.3. The summed E-state index contributed by atoms with van der Waals surface area (Å²) in [4.78, 5) is 27.6. The minimum atomic E-state index is -0.426. The van der Waals surface area contributed by atoms with Crippen molar-refractivity contribution in [3.05, 3.63) is 28.6 Å². The molecule has 1 aromatic rings. The molecule has 3 rings (SSSR count). The second-order valence-corrected chi connectivity index (χ2v) is 4.85. The van der Waals surface area contributed by atoms with E-state index in [0.717, 1.165) is 6.42 Å². The number of hydrogen-bond donors (Lipinski definition) is 0. The van der Waals surface area contributed by atoms with Gasteiger partial charge in [-0.15, -0.1) is 0 Å². The van der Waals surface area contributed by atoms with Gasteiger partial charge >= 0.3 is 11.7 Å². The molecule has 2 atom stereocenters. The van der Waals surface area contributed by atoms with Crippen LogP contribution in [0.2, 0.25) is 0 Å². The highest BCUT2D eigenvalue weighted by Crippen LogP contribution is 2.35. The number of piperidine rings is 1. The summed E-state index contributed by atoms with van der Waals surface area (Å²) >= 11 is 0. The lowest BCUT2D eigenvalue weighted by Gasteiger charge is -2.34. The molecule has 19 heavy (non-hydrogen) atoms. The molecule has 0 radical (unpaired) electrons. The zero-order valence-corrected chi connectivity index (χ0v) is 10.2. The SMILES string of the molecule is O=C1C[C@H]2CN(c3ccncc3[N+](=O)[O-])CC[C@H]2O1. The van der Waals surface area contributed by atoms with Gasteiger partial charge in [0.05, 0.1) is 11.3 Å². The fourth-order valence-electron chi connectivity index (χ4n) is 2.80. The number of carbonyl (C=O) groups excluding carboxylic acids is 1. The number of fused-ring (bicyclic) bond motifs is 1. The maximum Gasteiger partial charge on any atom is 0.310 e. The van der Waals surface area contributed by atoms with Crippen LogP contribution in [-0.2, 0) is 9.53 Å². The largest absolute Gasteiger partial charge is 0.462 e. The molecule has 0 unspecified atom stereocenters. The van der Waals surface area contributed by atoms with Gasteiger partial charge in [-0.1, -0.05) is 0 Å². The third kappa shape index (κ3) is 2.11. The molecule has 0 bridgehead atoms. The Bertz CT molecular complexity index is 533. The highest BCUT2D eigenvalue weighted by molar-refractivity contribution is 5.72. The monoisotopic (exact) mass is 263 g/mol. The molecule has 2 saturated heterocycles. The van der Waals surface area contributed by atoms with Gasteiger partial charge in [-0.2, -0.15) is 0 Å². The van der Waals surface area contributed by atoms with Crippen molar-refractivity contribution in [1.29, 1.82) is 0 Å². The summed E-state index contributed by atoms with van der Waals surface area (Å²) in [5, 5.41) is 11.0. The molecule has 2 fully saturated rings. The predicted molar refractivity (Wildman–Crippen MR) is 65.7 cm³/mol. The van der Waals surface area contributed by atoms with Crippen molar-refractivity contribution in [3.63, 3.8) is 0 Å². The molecule has 0 aliphatic carbocycles. The summed E-state index contributed by atoms with van der Waals surface area (Å²) < 4.78 is 5.22. The number of anilines is 1. The Balaban J connectivity index is 1.84. The predicted octanol–water partition coefficient (Wildman–Crippen LogP) is 1.13. The van der Waals surface area contributed by atoms with E-state index in [4.69, 9.17) is 4.74 Å². The molecular weight excluding hydrogens is 250 g/mol. The lowest BCUT2D eigenvalue weighted by Crippen LogP contribution is -2.41. The van der Waals surface area contributed by atoms with Crippen LogP contribution in [-0.4, -0.2) is 35.1 Å². The van der Waals surface area contributed by atoms with Crippen molar-refractivity contribution >= 4 is 17.3 Å². The quantitative estimate of drug-likeness (QED) is 0.451. The topological polar surface area (TPSA) is 85.6 Å². The van der Waals surface area contributed by atoms with Gasteiger partial charge in [0, 0.05) is 31.6 Å². The van der Waals surface area contributed by atoms with E-state index in [-0.39, 0.29) is 23.7 Å². The summed E-state index contributed by atoms with van der Waals surface area (Å²) in [6.07, 6.45) is 3.91. The third-order valence-corrected chi connectivity index (χ3v) is 3.69. The molecule has 7 heteroatoms. The van der Waals surface area contributed by atoms with E-state index in [2.05, 4.69) is 4.98 Å². The van der Waals surface area contributed by atoms with Crippen molar-refractivity contribution in [2.75, 3.05) is 18.0 Å². The minimum Gasteiger partial charge on any atom is -0.462 e. The van der Waals surface area contributed by atoms with Gasteiger partial charge in [0.2, 0.25) is 0 Å². The number of hydrogen-bond acceptors (Lipinski definition) is 6. The number of nitro groups is 1. The molecule has 2 aliphatic rings. The number of aromatic nitrogens is 1. The Hall–Kier alpha value is -2.18. The first-order valence-electron chi connectivity index (χ1n) is 6.18. The fourth-order valence-corrected chi connectivity index (χ4v) is 2.80. The van der Waals surface area contributed by atoms with Crippen molar-refractivity contribution in [1.82, 2.24) is 4.98 Å². The van der Waals surface area contributed by atoms with E-state index in [1.165, 1.54) is 6.20 Å². The van der Waals surface area contributed by atoms with Crippen molar-refractivity contribution in [3.8, 4) is 0 Å². The molecule has 3 heterocycles. The second-order valence-electron chi connectivity index (χ2n) is 4.85. The standard InChI is InChI=1S/C12H13N3O4/c16-12-5-8-7-14(4-2-11(8)19-12)9-1-3-13-6-10(9)15(17)18/h1,3,6,8,11H,2,4-5,7H2/t8-,11+/m0/s1. The van der Waals surface area contributed by atoms with Crippen LogP contribution in [0, 0.1) is 16.0 Å². The van der Waals surface area contributed by atoms with Crippen LogP contribution in [0.4, 0.5) is 11.4 Å². The maximum atomic E-state index is 11.3. The molecule has 7 nitrogen and oxygen atoms in total. The van der Waals surface area contributed by atoms with E-state index >= 15 is 0 Å². The molecule has 0 N–H and O–H groups in total. The minimum absolute atomic E-state index is 0.00573. The van der Waals surface area contributed by atoms with E-state index in [0.29, 0.717) is 25.2 Å². The van der Waals surface area contributed by atoms with Crippen molar-refractivity contribution < 1.29 is 14.5 Å². The Kier molecular flexibility index (Phi) is 2.81. The molecular formula is C12H13N3O4. The Labute approximate surface area is 109 Å². The summed E-state index contributed by atoms with van der Waals surface area (Å²) in [6, 6.07) is 1.65. The van der Waals surface area contributed by atoms with Gasteiger partial charge in [-0.3, -0.25) is 19.9 Å². The van der Waals surface area contributed by atoms with E-state index < -0.39 is 4.92 Å². The van der Waals surface area contributed by atoms with Gasteiger partial charge in [0.25, 0.3) is 0 Å². The van der Waals surface area contributed by atoms with Crippen LogP contribution in [0.5, 0.6) is 0 Å².